The maximum atomic E-state index is 10.6. The quantitative estimate of drug-likeness (QED) is 0.902. The number of hydrogen-bond donors (Lipinski definition) is 1. The van der Waals surface area contributed by atoms with E-state index >= 15 is 0 Å². The first-order chi connectivity index (χ1) is 9.60. The molecule has 1 fully saturated rings. The Labute approximate surface area is 123 Å². The van der Waals surface area contributed by atoms with Crippen molar-refractivity contribution in [3.8, 4) is 0 Å². The predicted octanol–water partition coefficient (Wildman–Crippen LogP) is 3.85. The van der Waals surface area contributed by atoms with Gasteiger partial charge in [-0.1, -0.05) is 37.1 Å². The Bertz CT molecular complexity index is 429. The van der Waals surface area contributed by atoms with Crippen molar-refractivity contribution in [1.82, 2.24) is 4.90 Å². The van der Waals surface area contributed by atoms with E-state index in [0.29, 0.717) is 0 Å². The van der Waals surface area contributed by atoms with Crippen LogP contribution in [0.15, 0.2) is 18.2 Å². The van der Waals surface area contributed by atoms with Gasteiger partial charge in [-0.15, -0.1) is 0 Å². The van der Waals surface area contributed by atoms with Gasteiger partial charge >= 0.3 is 0 Å². The number of aryl methyl sites for hydroxylation is 2. The minimum absolute atomic E-state index is 0.354. The van der Waals surface area contributed by atoms with Gasteiger partial charge in [0, 0.05) is 6.54 Å². The molecule has 0 amide bonds. The van der Waals surface area contributed by atoms with E-state index in [-0.39, 0.29) is 6.10 Å². The molecule has 1 aromatic carbocycles. The second-order valence-corrected chi connectivity index (χ2v) is 6.38. The molecule has 0 aliphatic carbocycles. The number of β-amino-alcohol motifs (C(OH)–C–C–N with tert-alkyl or cyclic N) is 1. The monoisotopic (exact) mass is 275 g/mol. The molecule has 2 atom stereocenters. The third kappa shape index (κ3) is 4.07. The largest absolute Gasteiger partial charge is 0.387 e. The van der Waals surface area contributed by atoms with Crippen molar-refractivity contribution in [2.45, 2.75) is 52.6 Å². The molecule has 2 heteroatoms. The third-order valence-electron chi connectivity index (χ3n) is 4.74. The molecule has 20 heavy (non-hydrogen) atoms. The number of aliphatic hydroxyl groups excluding tert-OH is 1. The van der Waals surface area contributed by atoms with Gasteiger partial charge in [0.1, 0.15) is 0 Å². The maximum absolute atomic E-state index is 10.6. The normalized spacial score (nSPS) is 22.5. The van der Waals surface area contributed by atoms with Gasteiger partial charge < -0.3 is 10.0 Å². The summed E-state index contributed by atoms with van der Waals surface area (Å²) in [6, 6.07) is 6.36. The van der Waals surface area contributed by atoms with Crippen LogP contribution in [0.3, 0.4) is 0 Å². The van der Waals surface area contributed by atoms with E-state index in [1.54, 1.807) is 0 Å². The van der Waals surface area contributed by atoms with Gasteiger partial charge in [-0.05, 0) is 63.2 Å². The zero-order valence-electron chi connectivity index (χ0n) is 13.2. The van der Waals surface area contributed by atoms with Crippen LogP contribution in [0.5, 0.6) is 0 Å². The summed E-state index contributed by atoms with van der Waals surface area (Å²) in [6.07, 6.45) is 4.86. The second kappa shape index (κ2) is 7.24. The van der Waals surface area contributed by atoms with Gasteiger partial charge in [0.05, 0.1) is 6.10 Å². The Hall–Kier alpha value is -0.860. The second-order valence-electron chi connectivity index (χ2n) is 6.38. The zero-order chi connectivity index (χ0) is 14.5. The van der Waals surface area contributed by atoms with Crippen LogP contribution in [0.25, 0.3) is 0 Å². The van der Waals surface area contributed by atoms with E-state index < -0.39 is 0 Å². The van der Waals surface area contributed by atoms with Crippen LogP contribution in [0.1, 0.15) is 55.4 Å². The van der Waals surface area contributed by atoms with Crippen LogP contribution in [0.4, 0.5) is 0 Å². The van der Waals surface area contributed by atoms with Gasteiger partial charge in [-0.25, -0.2) is 0 Å². The first-order valence-electron chi connectivity index (χ1n) is 8.07. The zero-order valence-corrected chi connectivity index (χ0v) is 13.2. The van der Waals surface area contributed by atoms with Crippen LogP contribution >= 0.6 is 0 Å². The van der Waals surface area contributed by atoms with Crippen LogP contribution in [0.2, 0.25) is 0 Å². The van der Waals surface area contributed by atoms with Crippen LogP contribution < -0.4 is 0 Å². The summed E-state index contributed by atoms with van der Waals surface area (Å²) in [5, 5.41) is 10.6. The SMILES string of the molecule is CCC1CCCN(CC(O)c2cc(C)ccc2C)CC1. The minimum atomic E-state index is -0.354. The fourth-order valence-corrected chi connectivity index (χ4v) is 3.28. The number of likely N-dealkylation sites (tertiary alicyclic amines) is 1. The number of benzene rings is 1. The highest BCUT2D eigenvalue weighted by Crippen LogP contribution is 2.24. The fraction of sp³-hybridized carbons (Fsp3) is 0.667. The van der Waals surface area contributed by atoms with Crippen molar-refractivity contribution >= 4 is 0 Å². The molecule has 1 saturated heterocycles. The first-order valence-corrected chi connectivity index (χ1v) is 8.07. The fourth-order valence-electron chi connectivity index (χ4n) is 3.28. The average molecular weight is 275 g/mol. The van der Waals surface area contributed by atoms with E-state index in [0.717, 1.165) is 31.1 Å². The summed E-state index contributed by atoms with van der Waals surface area (Å²) in [5.74, 6) is 0.887. The van der Waals surface area contributed by atoms with Crippen molar-refractivity contribution in [3.05, 3.63) is 34.9 Å². The molecule has 2 rings (SSSR count). The lowest BCUT2D eigenvalue weighted by Gasteiger charge is -2.24. The highest BCUT2D eigenvalue weighted by atomic mass is 16.3. The lowest BCUT2D eigenvalue weighted by Crippen LogP contribution is -2.30. The van der Waals surface area contributed by atoms with E-state index in [9.17, 15) is 5.11 Å². The summed E-state index contributed by atoms with van der Waals surface area (Å²) in [5.41, 5.74) is 3.53. The molecule has 1 aliphatic heterocycles. The van der Waals surface area contributed by atoms with Crippen LogP contribution in [-0.4, -0.2) is 29.6 Å². The molecule has 1 aromatic rings. The standard InChI is InChI=1S/C18H29NO/c1-4-16-6-5-10-19(11-9-16)13-18(20)17-12-14(2)7-8-15(17)3/h7-8,12,16,18,20H,4-6,9-11,13H2,1-3H3. The Morgan fingerprint density at radius 3 is 2.80 bits per heavy atom. The van der Waals surface area contributed by atoms with E-state index in [1.807, 2.05) is 0 Å². The molecule has 0 spiro atoms. The summed E-state index contributed by atoms with van der Waals surface area (Å²) in [7, 11) is 0. The summed E-state index contributed by atoms with van der Waals surface area (Å²) in [6.45, 7) is 9.53. The van der Waals surface area contributed by atoms with Crippen molar-refractivity contribution in [1.29, 1.82) is 0 Å². The third-order valence-corrected chi connectivity index (χ3v) is 4.74. The predicted molar refractivity (Wildman–Crippen MR) is 84.9 cm³/mol. The Morgan fingerprint density at radius 1 is 1.25 bits per heavy atom. The highest BCUT2D eigenvalue weighted by Gasteiger charge is 2.19. The van der Waals surface area contributed by atoms with E-state index in [2.05, 4.69) is 43.9 Å². The summed E-state index contributed by atoms with van der Waals surface area (Å²) >= 11 is 0. The molecule has 0 aromatic heterocycles. The smallest absolute Gasteiger partial charge is 0.0919 e. The molecule has 0 radical (unpaired) electrons. The molecule has 0 saturated carbocycles. The van der Waals surface area contributed by atoms with Gasteiger partial charge in [0.2, 0.25) is 0 Å². The maximum Gasteiger partial charge on any atom is 0.0919 e. The first kappa shape index (κ1) is 15.5. The molecule has 1 N–H and O–H groups in total. The topological polar surface area (TPSA) is 23.5 Å². The number of rotatable bonds is 4. The highest BCUT2D eigenvalue weighted by molar-refractivity contribution is 5.32. The molecule has 0 bridgehead atoms. The summed E-state index contributed by atoms with van der Waals surface area (Å²) < 4.78 is 0. The van der Waals surface area contributed by atoms with Gasteiger partial charge in [0.15, 0.2) is 0 Å². The van der Waals surface area contributed by atoms with Crippen LogP contribution in [0, 0.1) is 19.8 Å². The lowest BCUT2D eigenvalue weighted by molar-refractivity contribution is 0.114. The Balaban J connectivity index is 1.97. The van der Waals surface area contributed by atoms with Crippen molar-refractivity contribution < 1.29 is 5.11 Å². The number of nitrogens with zero attached hydrogens (tertiary/aromatic N) is 1. The molecular weight excluding hydrogens is 246 g/mol. The lowest BCUT2D eigenvalue weighted by atomic mass is 9.98. The average Bonchev–Trinajstić information content (AvgIpc) is 2.66. The van der Waals surface area contributed by atoms with Crippen molar-refractivity contribution in [3.63, 3.8) is 0 Å². The van der Waals surface area contributed by atoms with Gasteiger partial charge in [0.25, 0.3) is 0 Å². The Morgan fingerprint density at radius 2 is 2.05 bits per heavy atom. The molecule has 2 nitrogen and oxygen atoms in total. The molecule has 112 valence electrons. The van der Waals surface area contributed by atoms with Crippen molar-refractivity contribution in [2.24, 2.45) is 5.92 Å². The van der Waals surface area contributed by atoms with E-state index in [1.165, 1.54) is 36.8 Å². The Kier molecular flexibility index (Phi) is 5.62. The van der Waals surface area contributed by atoms with Gasteiger partial charge in [-0.3, -0.25) is 0 Å². The molecule has 2 unspecified atom stereocenters. The molecular formula is C18H29NO. The van der Waals surface area contributed by atoms with E-state index in [4.69, 9.17) is 0 Å². The molecule has 1 aliphatic rings. The van der Waals surface area contributed by atoms with Crippen molar-refractivity contribution in [2.75, 3.05) is 19.6 Å². The van der Waals surface area contributed by atoms with Gasteiger partial charge in [-0.2, -0.15) is 0 Å². The van der Waals surface area contributed by atoms with Crippen LogP contribution in [-0.2, 0) is 0 Å². The number of hydrogen-bond acceptors (Lipinski definition) is 2. The number of aliphatic hydroxyl groups is 1. The molecule has 1 heterocycles. The minimum Gasteiger partial charge on any atom is -0.387 e. The summed E-state index contributed by atoms with van der Waals surface area (Å²) in [4.78, 5) is 2.45.